The van der Waals surface area contributed by atoms with E-state index in [0.717, 1.165) is 31.4 Å². The monoisotopic (exact) mass is 362 g/mol. The highest BCUT2D eigenvalue weighted by Crippen LogP contribution is 2.22. The summed E-state index contributed by atoms with van der Waals surface area (Å²) in [7, 11) is 0. The lowest BCUT2D eigenvalue weighted by molar-refractivity contribution is 0.0946. The van der Waals surface area contributed by atoms with Gasteiger partial charge in [-0.15, -0.1) is 0 Å². The second-order valence-corrected chi connectivity index (χ2v) is 7.36. The molecular formula is C22H26N4O. The summed E-state index contributed by atoms with van der Waals surface area (Å²) in [5, 5.41) is 6.41. The number of carbonyl (C=O) groups excluding carboxylic acids is 1. The smallest absolute Gasteiger partial charge is 0.270 e. The summed E-state index contributed by atoms with van der Waals surface area (Å²) in [4.78, 5) is 21.7. The highest BCUT2D eigenvalue weighted by atomic mass is 16.2. The van der Waals surface area contributed by atoms with Crippen LogP contribution >= 0.6 is 0 Å². The number of nitrogens with zero attached hydrogens (tertiary/aromatic N) is 2. The normalized spacial score (nSPS) is 16.5. The number of aromatic nitrogens is 2. The number of nitrogens with one attached hydrogen (secondary N) is 2. The van der Waals surface area contributed by atoms with Crippen molar-refractivity contribution < 1.29 is 4.79 Å². The summed E-state index contributed by atoms with van der Waals surface area (Å²) < 4.78 is 0. The van der Waals surface area contributed by atoms with Gasteiger partial charge in [-0.25, -0.2) is 9.97 Å². The topological polar surface area (TPSA) is 66.9 Å². The molecule has 2 aliphatic rings. The van der Waals surface area contributed by atoms with Crippen LogP contribution in [0.25, 0.3) is 11.4 Å². The minimum Gasteiger partial charge on any atom is -0.370 e. The maximum Gasteiger partial charge on any atom is 0.270 e. The molecule has 0 aliphatic heterocycles. The fraction of sp³-hybridized carbons (Fsp3) is 0.409. The van der Waals surface area contributed by atoms with Gasteiger partial charge in [0.2, 0.25) is 0 Å². The first-order chi connectivity index (χ1) is 13.3. The van der Waals surface area contributed by atoms with Gasteiger partial charge < -0.3 is 10.6 Å². The van der Waals surface area contributed by atoms with Gasteiger partial charge in [0.25, 0.3) is 5.91 Å². The first-order valence-electron chi connectivity index (χ1n) is 9.95. The second kappa shape index (κ2) is 8.33. The van der Waals surface area contributed by atoms with Crippen molar-refractivity contribution in [2.24, 2.45) is 0 Å². The van der Waals surface area contributed by atoms with E-state index in [0.29, 0.717) is 23.4 Å². The van der Waals surface area contributed by atoms with Crippen molar-refractivity contribution in [1.82, 2.24) is 15.3 Å². The maximum atomic E-state index is 12.5. The van der Waals surface area contributed by atoms with Crippen molar-refractivity contribution in [2.75, 3.05) is 11.9 Å². The van der Waals surface area contributed by atoms with E-state index in [2.05, 4.69) is 26.7 Å². The Morgan fingerprint density at radius 3 is 2.70 bits per heavy atom. The Bertz CT molecular complexity index is 827. The fourth-order valence-corrected chi connectivity index (χ4v) is 3.34. The molecular weight excluding hydrogens is 336 g/mol. The average Bonchev–Trinajstić information content (AvgIpc) is 3.53. The number of allylic oxidation sites excluding steroid dienone is 1. The molecule has 0 saturated heterocycles. The van der Waals surface area contributed by atoms with E-state index in [1.54, 1.807) is 6.07 Å². The first-order valence-corrected chi connectivity index (χ1v) is 9.95. The number of benzene rings is 1. The number of rotatable bonds is 7. The Morgan fingerprint density at radius 2 is 1.96 bits per heavy atom. The van der Waals surface area contributed by atoms with Crippen LogP contribution in [-0.4, -0.2) is 28.5 Å². The highest BCUT2D eigenvalue weighted by Gasteiger charge is 2.25. The van der Waals surface area contributed by atoms with E-state index in [1.165, 1.54) is 31.3 Å². The van der Waals surface area contributed by atoms with Gasteiger partial charge in [-0.1, -0.05) is 42.0 Å². The molecule has 1 aromatic carbocycles. The van der Waals surface area contributed by atoms with Crippen LogP contribution in [0.15, 0.2) is 48.0 Å². The predicted octanol–water partition coefficient (Wildman–Crippen LogP) is 4.34. The summed E-state index contributed by atoms with van der Waals surface area (Å²) >= 11 is 0. The summed E-state index contributed by atoms with van der Waals surface area (Å²) in [6, 6.07) is 11.9. The molecule has 1 aromatic heterocycles. The molecule has 1 amide bonds. The van der Waals surface area contributed by atoms with Crippen LogP contribution in [0.3, 0.4) is 0 Å². The maximum absolute atomic E-state index is 12.5. The van der Waals surface area contributed by atoms with E-state index in [-0.39, 0.29) is 5.91 Å². The molecule has 5 nitrogen and oxygen atoms in total. The molecule has 140 valence electrons. The first kappa shape index (κ1) is 17.7. The summed E-state index contributed by atoms with van der Waals surface area (Å²) in [6.07, 6.45) is 10.5. The van der Waals surface area contributed by atoms with Crippen LogP contribution in [0.5, 0.6) is 0 Å². The van der Waals surface area contributed by atoms with Crippen LogP contribution in [-0.2, 0) is 0 Å². The van der Waals surface area contributed by atoms with Gasteiger partial charge in [-0.05, 0) is 44.9 Å². The number of carbonyl (C=O) groups is 1. The summed E-state index contributed by atoms with van der Waals surface area (Å²) in [5.41, 5.74) is 2.87. The summed E-state index contributed by atoms with van der Waals surface area (Å²) in [5.74, 6) is 1.18. The SMILES string of the molecule is O=C(NC1CC1)c1cc(NCCC2=CCCCC2)nc(-c2ccccc2)n1. The van der Waals surface area contributed by atoms with Crippen LogP contribution in [0, 0.1) is 0 Å². The second-order valence-electron chi connectivity index (χ2n) is 7.36. The zero-order valence-corrected chi connectivity index (χ0v) is 15.6. The van der Waals surface area contributed by atoms with E-state index in [9.17, 15) is 4.79 Å². The molecule has 0 radical (unpaired) electrons. The standard InChI is InChI=1S/C22H26N4O/c27-22(24-18-11-12-18)19-15-20(23-14-13-16-7-3-1-4-8-16)26-21(25-19)17-9-5-2-6-10-17/h2,5-7,9-10,15,18H,1,3-4,8,11-14H2,(H,24,27)(H,23,25,26). The van der Waals surface area contributed by atoms with Crippen LogP contribution in [0.1, 0.15) is 55.4 Å². The quantitative estimate of drug-likeness (QED) is 0.719. The van der Waals surface area contributed by atoms with Crippen molar-refractivity contribution in [3.05, 3.63) is 53.7 Å². The molecule has 0 unspecified atom stereocenters. The molecule has 27 heavy (non-hydrogen) atoms. The van der Waals surface area contributed by atoms with Crippen molar-refractivity contribution in [3.63, 3.8) is 0 Å². The lowest BCUT2D eigenvalue weighted by atomic mass is 9.97. The molecule has 2 N–H and O–H groups in total. The molecule has 0 spiro atoms. The average molecular weight is 362 g/mol. The number of anilines is 1. The van der Waals surface area contributed by atoms with Gasteiger partial charge in [0.05, 0.1) is 0 Å². The van der Waals surface area contributed by atoms with E-state index >= 15 is 0 Å². The number of amides is 1. The van der Waals surface area contributed by atoms with Gasteiger partial charge in [0, 0.05) is 24.2 Å². The fourth-order valence-electron chi connectivity index (χ4n) is 3.34. The van der Waals surface area contributed by atoms with Crippen LogP contribution < -0.4 is 10.6 Å². The van der Waals surface area contributed by atoms with Gasteiger partial charge >= 0.3 is 0 Å². The van der Waals surface area contributed by atoms with E-state index in [4.69, 9.17) is 0 Å². The zero-order chi connectivity index (χ0) is 18.5. The Kier molecular flexibility index (Phi) is 5.47. The van der Waals surface area contributed by atoms with Crippen molar-refractivity contribution >= 4 is 11.7 Å². The van der Waals surface area contributed by atoms with E-state index < -0.39 is 0 Å². The largest absolute Gasteiger partial charge is 0.370 e. The molecule has 2 aromatic rings. The Balaban J connectivity index is 1.51. The third-order valence-corrected chi connectivity index (χ3v) is 5.04. The number of hydrogen-bond acceptors (Lipinski definition) is 4. The molecule has 1 fully saturated rings. The molecule has 1 saturated carbocycles. The minimum absolute atomic E-state index is 0.116. The Labute approximate surface area is 160 Å². The van der Waals surface area contributed by atoms with E-state index in [1.807, 2.05) is 30.3 Å². The van der Waals surface area contributed by atoms with Gasteiger partial charge in [0.15, 0.2) is 5.82 Å². The summed E-state index contributed by atoms with van der Waals surface area (Å²) in [6.45, 7) is 0.820. The minimum atomic E-state index is -0.116. The lowest BCUT2D eigenvalue weighted by Gasteiger charge is -2.14. The molecule has 5 heteroatoms. The predicted molar refractivity (Wildman–Crippen MR) is 108 cm³/mol. The third-order valence-electron chi connectivity index (χ3n) is 5.04. The van der Waals surface area contributed by atoms with Gasteiger partial charge in [0.1, 0.15) is 11.5 Å². The zero-order valence-electron chi connectivity index (χ0n) is 15.6. The molecule has 4 rings (SSSR count). The Morgan fingerprint density at radius 1 is 1.11 bits per heavy atom. The van der Waals surface area contributed by atoms with Gasteiger partial charge in [-0.3, -0.25) is 4.79 Å². The third kappa shape index (κ3) is 4.94. The van der Waals surface area contributed by atoms with Crippen LogP contribution in [0.4, 0.5) is 5.82 Å². The van der Waals surface area contributed by atoms with Crippen LogP contribution in [0.2, 0.25) is 0 Å². The number of hydrogen-bond donors (Lipinski definition) is 2. The highest BCUT2D eigenvalue weighted by molar-refractivity contribution is 5.93. The van der Waals surface area contributed by atoms with Crippen molar-refractivity contribution in [2.45, 2.75) is 51.0 Å². The molecule has 2 aliphatic carbocycles. The lowest BCUT2D eigenvalue weighted by Crippen LogP contribution is -2.26. The molecule has 0 bridgehead atoms. The van der Waals surface area contributed by atoms with Crippen molar-refractivity contribution in [3.8, 4) is 11.4 Å². The van der Waals surface area contributed by atoms with Crippen molar-refractivity contribution in [1.29, 1.82) is 0 Å². The Hall–Kier alpha value is -2.69. The molecule has 1 heterocycles. The van der Waals surface area contributed by atoms with Gasteiger partial charge in [-0.2, -0.15) is 0 Å². The molecule has 0 atom stereocenters.